The van der Waals surface area contributed by atoms with Crippen molar-refractivity contribution in [3.63, 3.8) is 0 Å². The molecule has 1 spiro atoms. The van der Waals surface area contributed by atoms with Crippen molar-refractivity contribution in [2.24, 2.45) is 0 Å². The molecule has 160 valence electrons. The summed E-state index contributed by atoms with van der Waals surface area (Å²) in [6.45, 7) is 6.39. The number of ether oxygens (including phenoxy) is 1. The van der Waals surface area contributed by atoms with Crippen LogP contribution in [0.15, 0.2) is 36.7 Å². The SMILES string of the molecule is Cc1cc(C)nc(N2CCOC3(CN(C(=O)c4c(F)cccc4-n4nccn4)C3)C2)n1. The molecule has 2 saturated heterocycles. The van der Waals surface area contributed by atoms with Gasteiger partial charge in [-0.25, -0.2) is 14.4 Å². The zero-order valence-corrected chi connectivity index (χ0v) is 17.3. The highest BCUT2D eigenvalue weighted by Gasteiger charge is 2.50. The number of hydrogen-bond acceptors (Lipinski definition) is 7. The second-order valence-electron chi connectivity index (χ2n) is 8.02. The van der Waals surface area contributed by atoms with E-state index in [0.717, 1.165) is 11.4 Å². The number of aryl methyl sites for hydroxylation is 2. The lowest BCUT2D eigenvalue weighted by Gasteiger charge is -2.53. The molecule has 1 aromatic carbocycles. The van der Waals surface area contributed by atoms with Crippen molar-refractivity contribution < 1.29 is 13.9 Å². The average molecular weight is 423 g/mol. The highest BCUT2D eigenvalue weighted by Crippen LogP contribution is 2.33. The fourth-order valence-corrected chi connectivity index (χ4v) is 4.24. The molecule has 2 fully saturated rings. The highest BCUT2D eigenvalue weighted by atomic mass is 19.1. The predicted molar refractivity (Wildman–Crippen MR) is 110 cm³/mol. The molecule has 0 bridgehead atoms. The predicted octanol–water partition coefficient (Wildman–Crippen LogP) is 1.54. The second-order valence-corrected chi connectivity index (χ2v) is 8.02. The van der Waals surface area contributed by atoms with Gasteiger partial charge in [-0.05, 0) is 32.0 Å². The van der Waals surface area contributed by atoms with Gasteiger partial charge in [0.1, 0.15) is 22.7 Å². The fourth-order valence-electron chi connectivity index (χ4n) is 4.24. The lowest BCUT2D eigenvalue weighted by Crippen LogP contribution is -2.71. The van der Waals surface area contributed by atoms with Gasteiger partial charge in [-0.2, -0.15) is 15.0 Å². The van der Waals surface area contributed by atoms with Gasteiger partial charge in [0.05, 0.1) is 38.6 Å². The largest absolute Gasteiger partial charge is 0.368 e. The summed E-state index contributed by atoms with van der Waals surface area (Å²) in [4.78, 5) is 27.2. The molecule has 2 aliphatic rings. The number of halogens is 1. The molecule has 0 radical (unpaired) electrons. The Kier molecular flexibility index (Phi) is 4.66. The number of rotatable bonds is 3. The van der Waals surface area contributed by atoms with Crippen molar-refractivity contribution in [2.45, 2.75) is 19.4 Å². The minimum atomic E-state index is -0.601. The summed E-state index contributed by atoms with van der Waals surface area (Å²) < 4.78 is 20.7. The van der Waals surface area contributed by atoms with Crippen LogP contribution in [-0.2, 0) is 4.74 Å². The summed E-state index contributed by atoms with van der Waals surface area (Å²) in [7, 11) is 0. The molecule has 2 aliphatic heterocycles. The summed E-state index contributed by atoms with van der Waals surface area (Å²) in [5, 5.41) is 8.08. The quantitative estimate of drug-likeness (QED) is 0.631. The number of likely N-dealkylation sites (tertiary alicyclic amines) is 1. The third kappa shape index (κ3) is 3.52. The molecule has 31 heavy (non-hydrogen) atoms. The lowest BCUT2D eigenvalue weighted by atomic mass is 9.90. The van der Waals surface area contributed by atoms with Gasteiger partial charge in [0.15, 0.2) is 0 Å². The number of benzene rings is 1. The first-order chi connectivity index (χ1) is 14.9. The molecule has 0 N–H and O–H groups in total. The van der Waals surface area contributed by atoms with E-state index >= 15 is 0 Å². The van der Waals surface area contributed by atoms with Crippen molar-refractivity contribution in [2.75, 3.05) is 37.7 Å². The van der Waals surface area contributed by atoms with Crippen LogP contribution in [0.25, 0.3) is 5.69 Å². The molecule has 10 heteroatoms. The molecule has 2 aromatic heterocycles. The number of anilines is 1. The van der Waals surface area contributed by atoms with E-state index in [9.17, 15) is 9.18 Å². The third-order valence-corrected chi connectivity index (χ3v) is 5.59. The average Bonchev–Trinajstić information content (AvgIpc) is 3.25. The first-order valence-electron chi connectivity index (χ1n) is 10.1. The molecule has 4 heterocycles. The number of carbonyl (C=O) groups is 1. The maximum atomic E-state index is 14.6. The zero-order chi connectivity index (χ0) is 21.6. The molecular weight excluding hydrogens is 401 g/mol. The first-order valence-corrected chi connectivity index (χ1v) is 10.1. The molecule has 0 aliphatic carbocycles. The minimum absolute atomic E-state index is 0.0427. The molecule has 0 saturated carbocycles. The van der Waals surface area contributed by atoms with Gasteiger partial charge in [0.2, 0.25) is 5.95 Å². The molecule has 9 nitrogen and oxygen atoms in total. The van der Waals surface area contributed by atoms with Gasteiger partial charge in [-0.3, -0.25) is 4.79 Å². The van der Waals surface area contributed by atoms with Crippen LogP contribution in [0, 0.1) is 19.7 Å². The zero-order valence-electron chi connectivity index (χ0n) is 17.3. The van der Waals surface area contributed by atoms with Gasteiger partial charge in [-0.15, -0.1) is 0 Å². The Labute approximate surface area is 178 Å². The van der Waals surface area contributed by atoms with E-state index in [2.05, 4.69) is 25.1 Å². The Morgan fingerprint density at radius 1 is 1.10 bits per heavy atom. The van der Waals surface area contributed by atoms with E-state index < -0.39 is 17.3 Å². The van der Waals surface area contributed by atoms with Crippen molar-refractivity contribution in [3.8, 4) is 5.69 Å². The summed E-state index contributed by atoms with van der Waals surface area (Å²) in [6.07, 6.45) is 2.97. The molecule has 0 unspecified atom stereocenters. The number of carbonyl (C=O) groups excluding carboxylic acids is 1. The standard InChI is InChI=1S/C21H22FN7O2/c1-14-10-15(2)26-20(25-14)27-8-9-31-21(11-27)12-28(13-21)19(30)18-16(22)4-3-5-17(18)29-23-6-7-24-29/h3-7,10H,8-9,11-13H2,1-2H3. The summed E-state index contributed by atoms with van der Waals surface area (Å²) in [5.74, 6) is -0.332. The smallest absolute Gasteiger partial charge is 0.259 e. The van der Waals surface area contributed by atoms with E-state index in [1.54, 1.807) is 11.0 Å². The van der Waals surface area contributed by atoms with Crippen LogP contribution >= 0.6 is 0 Å². The number of morpholine rings is 1. The third-order valence-electron chi connectivity index (χ3n) is 5.59. The van der Waals surface area contributed by atoms with Gasteiger partial charge in [-0.1, -0.05) is 6.07 Å². The maximum Gasteiger partial charge on any atom is 0.259 e. The summed E-state index contributed by atoms with van der Waals surface area (Å²) in [6, 6.07) is 6.37. The lowest BCUT2D eigenvalue weighted by molar-refractivity contribution is -0.135. The van der Waals surface area contributed by atoms with Crippen molar-refractivity contribution in [1.82, 2.24) is 29.9 Å². The fraction of sp³-hybridized carbons (Fsp3) is 0.381. The van der Waals surface area contributed by atoms with Gasteiger partial charge < -0.3 is 14.5 Å². The normalized spacial score (nSPS) is 17.6. The van der Waals surface area contributed by atoms with Crippen LogP contribution in [0.3, 0.4) is 0 Å². The Balaban J connectivity index is 1.34. The molecule has 1 amide bonds. The van der Waals surface area contributed by atoms with E-state index in [0.29, 0.717) is 44.4 Å². The minimum Gasteiger partial charge on any atom is -0.368 e. The van der Waals surface area contributed by atoms with E-state index in [1.807, 2.05) is 19.9 Å². The second kappa shape index (κ2) is 7.38. The maximum absolute atomic E-state index is 14.6. The molecule has 5 rings (SSSR count). The topological polar surface area (TPSA) is 89.3 Å². The summed E-state index contributed by atoms with van der Waals surface area (Å²) in [5.41, 5.74) is 1.58. The number of hydrogen-bond donors (Lipinski definition) is 0. The Hall–Kier alpha value is -3.40. The number of amides is 1. The van der Waals surface area contributed by atoms with Crippen LogP contribution in [0.5, 0.6) is 0 Å². The van der Waals surface area contributed by atoms with Gasteiger partial charge >= 0.3 is 0 Å². The highest BCUT2D eigenvalue weighted by molar-refractivity contribution is 5.98. The van der Waals surface area contributed by atoms with E-state index in [-0.39, 0.29) is 5.56 Å². The van der Waals surface area contributed by atoms with Crippen molar-refractivity contribution in [3.05, 3.63) is 59.4 Å². The van der Waals surface area contributed by atoms with Crippen LogP contribution in [0.1, 0.15) is 21.7 Å². The van der Waals surface area contributed by atoms with Crippen LogP contribution in [0.4, 0.5) is 10.3 Å². The molecular formula is C21H22FN7O2. The Bertz CT molecular complexity index is 1110. The van der Waals surface area contributed by atoms with Crippen LogP contribution in [0.2, 0.25) is 0 Å². The van der Waals surface area contributed by atoms with Crippen molar-refractivity contribution >= 4 is 11.9 Å². The molecule has 0 atom stereocenters. The van der Waals surface area contributed by atoms with E-state index in [4.69, 9.17) is 4.74 Å². The van der Waals surface area contributed by atoms with Crippen molar-refractivity contribution in [1.29, 1.82) is 0 Å². The van der Waals surface area contributed by atoms with Gasteiger partial charge in [0, 0.05) is 17.9 Å². The number of nitrogens with zero attached hydrogens (tertiary/aromatic N) is 7. The Morgan fingerprint density at radius 3 is 2.52 bits per heavy atom. The van der Waals surface area contributed by atoms with E-state index in [1.165, 1.54) is 29.3 Å². The number of aromatic nitrogens is 5. The Morgan fingerprint density at radius 2 is 1.81 bits per heavy atom. The van der Waals surface area contributed by atoms with Gasteiger partial charge in [0.25, 0.3) is 5.91 Å². The first kappa shape index (κ1) is 19.6. The van der Waals surface area contributed by atoms with Crippen LogP contribution in [-0.4, -0.2) is 74.2 Å². The van der Waals surface area contributed by atoms with Crippen LogP contribution < -0.4 is 4.90 Å². The molecule has 3 aromatic rings. The summed E-state index contributed by atoms with van der Waals surface area (Å²) >= 11 is 0. The monoisotopic (exact) mass is 423 g/mol.